The zero-order chi connectivity index (χ0) is 20.6. The number of benzene rings is 3. The second-order valence-corrected chi connectivity index (χ2v) is 7.99. The van der Waals surface area contributed by atoms with Crippen molar-refractivity contribution in [3.63, 3.8) is 0 Å². The van der Waals surface area contributed by atoms with Crippen LogP contribution in [0.25, 0.3) is 0 Å². The molecule has 6 heteroatoms. The molecule has 4 nitrogen and oxygen atoms in total. The van der Waals surface area contributed by atoms with Gasteiger partial charge in [0, 0.05) is 21.3 Å². The average molecular weight is 425 g/mol. The Kier molecular flexibility index (Phi) is 7.33. The number of nitrogens with one attached hydrogen (secondary N) is 2. The molecular weight excluding hydrogens is 404 g/mol. The number of hydrogen-bond acceptors (Lipinski definition) is 3. The minimum Gasteiger partial charge on any atom is -0.326 e. The second kappa shape index (κ2) is 10.1. The van der Waals surface area contributed by atoms with E-state index in [1.54, 1.807) is 6.07 Å². The quantitative estimate of drug-likeness (QED) is 0.488. The summed E-state index contributed by atoms with van der Waals surface area (Å²) >= 11 is 7.51. The summed E-state index contributed by atoms with van der Waals surface area (Å²) in [6, 6.07) is 22.5. The summed E-state index contributed by atoms with van der Waals surface area (Å²) in [5, 5.41) is 6.35. The molecule has 0 heterocycles. The summed E-state index contributed by atoms with van der Waals surface area (Å²) in [5.74, 6) is 0.119. The van der Waals surface area contributed by atoms with Gasteiger partial charge in [-0.25, -0.2) is 0 Å². The standard InChI is InChI=1S/C23H21ClN2O2S/c1-16-7-8-19(14-21(16)24)26-23(28)15-29-20-11-9-18(10-12-20)25-22(27)13-17-5-3-2-4-6-17/h2-12,14H,13,15H2,1H3,(H,25,27)(H,26,28). The minimum absolute atomic E-state index is 0.0623. The fraction of sp³-hybridized carbons (Fsp3) is 0.130. The maximum absolute atomic E-state index is 12.1. The Bertz CT molecular complexity index is 992. The van der Waals surface area contributed by atoms with Crippen LogP contribution in [0, 0.1) is 6.92 Å². The number of anilines is 2. The molecule has 0 bridgehead atoms. The van der Waals surface area contributed by atoms with E-state index < -0.39 is 0 Å². The zero-order valence-corrected chi connectivity index (χ0v) is 17.5. The molecule has 0 aliphatic carbocycles. The van der Waals surface area contributed by atoms with Crippen molar-refractivity contribution in [3.05, 3.63) is 88.9 Å². The van der Waals surface area contributed by atoms with E-state index in [0.29, 0.717) is 17.1 Å². The molecule has 0 aliphatic heterocycles. The van der Waals surface area contributed by atoms with Crippen molar-refractivity contribution in [2.24, 2.45) is 0 Å². The number of halogens is 1. The fourth-order valence-electron chi connectivity index (χ4n) is 2.64. The van der Waals surface area contributed by atoms with Crippen LogP contribution in [-0.2, 0) is 16.0 Å². The third-order valence-electron chi connectivity index (χ3n) is 4.17. The topological polar surface area (TPSA) is 58.2 Å². The van der Waals surface area contributed by atoms with Crippen LogP contribution in [0.3, 0.4) is 0 Å². The maximum atomic E-state index is 12.1. The Labute approximate surface area is 179 Å². The SMILES string of the molecule is Cc1ccc(NC(=O)CSc2ccc(NC(=O)Cc3ccccc3)cc2)cc1Cl. The smallest absolute Gasteiger partial charge is 0.234 e. The van der Waals surface area contributed by atoms with Crippen LogP contribution < -0.4 is 10.6 Å². The van der Waals surface area contributed by atoms with Gasteiger partial charge in [0.05, 0.1) is 12.2 Å². The van der Waals surface area contributed by atoms with Gasteiger partial charge in [-0.15, -0.1) is 11.8 Å². The summed E-state index contributed by atoms with van der Waals surface area (Å²) < 4.78 is 0. The number of thioether (sulfide) groups is 1. The monoisotopic (exact) mass is 424 g/mol. The lowest BCUT2D eigenvalue weighted by Crippen LogP contribution is -2.14. The maximum Gasteiger partial charge on any atom is 0.234 e. The van der Waals surface area contributed by atoms with E-state index in [1.807, 2.05) is 73.7 Å². The summed E-state index contributed by atoms with van der Waals surface area (Å²) in [6.07, 6.45) is 0.334. The van der Waals surface area contributed by atoms with Gasteiger partial charge in [-0.1, -0.05) is 48.0 Å². The van der Waals surface area contributed by atoms with Gasteiger partial charge >= 0.3 is 0 Å². The van der Waals surface area contributed by atoms with Crippen LogP contribution >= 0.6 is 23.4 Å². The highest BCUT2D eigenvalue weighted by molar-refractivity contribution is 8.00. The normalized spacial score (nSPS) is 10.4. The first-order valence-electron chi connectivity index (χ1n) is 9.12. The van der Waals surface area contributed by atoms with Crippen LogP contribution in [0.5, 0.6) is 0 Å². The lowest BCUT2D eigenvalue weighted by Gasteiger charge is -2.08. The predicted octanol–water partition coefficient (Wildman–Crippen LogP) is 5.56. The largest absolute Gasteiger partial charge is 0.326 e. The van der Waals surface area contributed by atoms with E-state index in [2.05, 4.69) is 10.6 Å². The van der Waals surface area contributed by atoms with Crippen LogP contribution in [-0.4, -0.2) is 17.6 Å². The first kappa shape index (κ1) is 21.0. The molecule has 0 atom stereocenters. The van der Waals surface area contributed by atoms with Crippen LogP contribution in [0.1, 0.15) is 11.1 Å². The molecule has 0 unspecified atom stereocenters. The van der Waals surface area contributed by atoms with Crippen molar-refractivity contribution in [3.8, 4) is 0 Å². The molecule has 2 amide bonds. The predicted molar refractivity (Wildman–Crippen MR) is 121 cm³/mol. The van der Waals surface area contributed by atoms with Gasteiger partial charge in [0.25, 0.3) is 0 Å². The molecule has 3 aromatic carbocycles. The Morgan fingerprint density at radius 2 is 1.52 bits per heavy atom. The van der Waals surface area contributed by atoms with Crippen molar-refractivity contribution in [2.75, 3.05) is 16.4 Å². The summed E-state index contributed by atoms with van der Waals surface area (Å²) in [7, 11) is 0. The Morgan fingerprint density at radius 1 is 0.862 bits per heavy atom. The Morgan fingerprint density at radius 3 is 2.21 bits per heavy atom. The highest BCUT2D eigenvalue weighted by atomic mass is 35.5. The molecular formula is C23H21ClN2O2S. The molecule has 0 saturated carbocycles. The third kappa shape index (κ3) is 6.66. The van der Waals surface area contributed by atoms with E-state index in [1.165, 1.54) is 11.8 Å². The molecule has 2 N–H and O–H groups in total. The molecule has 3 aromatic rings. The van der Waals surface area contributed by atoms with Crippen molar-refractivity contribution < 1.29 is 9.59 Å². The number of aryl methyl sites for hydroxylation is 1. The van der Waals surface area contributed by atoms with Gasteiger partial charge in [-0.3, -0.25) is 9.59 Å². The van der Waals surface area contributed by atoms with Crippen molar-refractivity contribution in [1.82, 2.24) is 0 Å². The Hall–Kier alpha value is -2.76. The van der Waals surface area contributed by atoms with E-state index in [9.17, 15) is 9.59 Å². The zero-order valence-electron chi connectivity index (χ0n) is 15.9. The van der Waals surface area contributed by atoms with Crippen molar-refractivity contribution in [1.29, 1.82) is 0 Å². The molecule has 3 rings (SSSR count). The second-order valence-electron chi connectivity index (χ2n) is 6.54. The molecule has 148 valence electrons. The lowest BCUT2D eigenvalue weighted by atomic mass is 10.1. The third-order valence-corrected chi connectivity index (χ3v) is 5.59. The van der Waals surface area contributed by atoms with E-state index >= 15 is 0 Å². The van der Waals surface area contributed by atoms with Crippen molar-refractivity contribution >= 4 is 46.6 Å². The van der Waals surface area contributed by atoms with E-state index in [4.69, 9.17) is 11.6 Å². The van der Waals surface area contributed by atoms with Crippen molar-refractivity contribution in [2.45, 2.75) is 18.2 Å². The molecule has 0 aromatic heterocycles. The molecule has 0 saturated heterocycles. The van der Waals surface area contributed by atoms with Crippen LogP contribution in [0.15, 0.2) is 77.7 Å². The van der Waals surface area contributed by atoms with Gasteiger partial charge in [0.15, 0.2) is 0 Å². The van der Waals surface area contributed by atoms with E-state index in [0.717, 1.165) is 21.7 Å². The molecule has 0 radical (unpaired) electrons. The average Bonchev–Trinajstić information content (AvgIpc) is 2.71. The van der Waals surface area contributed by atoms with Crippen LogP contribution in [0.2, 0.25) is 5.02 Å². The van der Waals surface area contributed by atoms with Crippen LogP contribution in [0.4, 0.5) is 11.4 Å². The van der Waals surface area contributed by atoms with Gasteiger partial charge in [-0.05, 0) is 54.4 Å². The summed E-state index contributed by atoms with van der Waals surface area (Å²) in [4.78, 5) is 25.2. The summed E-state index contributed by atoms with van der Waals surface area (Å²) in [6.45, 7) is 1.91. The molecule has 29 heavy (non-hydrogen) atoms. The highest BCUT2D eigenvalue weighted by Crippen LogP contribution is 2.22. The number of carbonyl (C=O) groups is 2. The number of rotatable bonds is 7. The first-order valence-corrected chi connectivity index (χ1v) is 10.5. The van der Waals surface area contributed by atoms with Gasteiger partial charge in [-0.2, -0.15) is 0 Å². The fourth-order valence-corrected chi connectivity index (χ4v) is 3.52. The number of hydrogen-bond donors (Lipinski definition) is 2. The molecule has 0 spiro atoms. The molecule has 0 aliphatic rings. The summed E-state index contributed by atoms with van der Waals surface area (Å²) in [5.41, 5.74) is 3.35. The lowest BCUT2D eigenvalue weighted by molar-refractivity contribution is -0.115. The Balaban J connectivity index is 1.46. The number of carbonyl (C=O) groups excluding carboxylic acids is 2. The van der Waals surface area contributed by atoms with Gasteiger partial charge < -0.3 is 10.6 Å². The number of amides is 2. The van der Waals surface area contributed by atoms with E-state index in [-0.39, 0.29) is 17.6 Å². The first-order chi connectivity index (χ1) is 14.0. The highest BCUT2D eigenvalue weighted by Gasteiger charge is 2.07. The van der Waals surface area contributed by atoms with Gasteiger partial charge in [0.1, 0.15) is 0 Å². The molecule has 0 fully saturated rings. The minimum atomic E-state index is -0.102. The van der Waals surface area contributed by atoms with Gasteiger partial charge in [0.2, 0.25) is 11.8 Å².